The van der Waals surface area contributed by atoms with E-state index in [1.165, 1.54) is 7.11 Å². The molecule has 4 rings (SSSR count). The van der Waals surface area contributed by atoms with Gasteiger partial charge in [0.2, 0.25) is 0 Å². The van der Waals surface area contributed by atoms with Gasteiger partial charge in [0, 0.05) is 31.7 Å². The Morgan fingerprint density at radius 1 is 1.03 bits per heavy atom. The van der Waals surface area contributed by atoms with Crippen LogP contribution >= 0.6 is 0 Å². The Morgan fingerprint density at radius 2 is 1.78 bits per heavy atom. The zero-order valence-corrected chi connectivity index (χ0v) is 21.5. The summed E-state index contributed by atoms with van der Waals surface area (Å²) in [4.78, 5) is 14.2. The number of piperazine rings is 1. The van der Waals surface area contributed by atoms with E-state index in [4.69, 9.17) is 9.47 Å². The van der Waals surface area contributed by atoms with E-state index >= 15 is 0 Å². The Balaban J connectivity index is 1.62. The molecule has 1 aliphatic heterocycles. The Labute approximate surface area is 213 Å². The number of methoxy groups -OCH3 is 1. The van der Waals surface area contributed by atoms with E-state index in [9.17, 15) is 13.2 Å². The van der Waals surface area contributed by atoms with Gasteiger partial charge in [-0.15, -0.1) is 0 Å². The van der Waals surface area contributed by atoms with Gasteiger partial charge in [0.05, 0.1) is 18.4 Å². The number of carbonyl (C=O) groups is 1. The third-order valence-corrected chi connectivity index (χ3v) is 8.43. The molecule has 7 nitrogen and oxygen atoms in total. The van der Waals surface area contributed by atoms with Crippen molar-refractivity contribution in [1.29, 1.82) is 0 Å². The number of esters is 1. The minimum atomic E-state index is -3.60. The fourth-order valence-electron chi connectivity index (χ4n) is 4.29. The van der Waals surface area contributed by atoms with E-state index in [1.54, 1.807) is 12.1 Å². The lowest BCUT2D eigenvalue weighted by Crippen LogP contribution is -2.54. The molecule has 36 heavy (non-hydrogen) atoms. The molecule has 0 spiro atoms. The van der Waals surface area contributed by atoms with Crippen LogP contribution in [0.25, 0.3) is 0 Å². The quantitative estimate of drug-likeness (QED) is 0.443. The first-order chi connectivity index (χ1) is 17.4. The van der Waals surface area contributed by atoms with E-state index in [2.05, 4.69) is 5.32 Å². The fourth-order valence-corrected chi connectivity index (χ4v) is 6.03. The van der Waals surface area contributed by atoms with Crippen molar-refractivity contribution in [3.8, 4) is 5.75 Å². The van der Waals surface area contributed by atoms with Gasteiger partial charge in [0.1, 0.15) is 17.7 Å². The first-order valence-electron chi connectivity index (χ1n) is 12.0. The summed E-state index contributed by atoms with van der Waals surface area (Å²) in [5, 5.41) is 2.51. The molecule has 8 heteroatoms. The lowest BCUT2D eigenvalue weighted by Gasteiger charge is -2.36. The lowest BCUT2D eigenvalue weighted by atomic mass is 10.1. The van der Waals surface area contributed by atoms with Crippen LogP contribution in [0.2, 0.25) is 0 Å². The van der Waals surface area contributed by atoms with Crippen molar-refractivity contribution in [1.82, 2.24) is 10.2 Å². The second kappa shape index (κ2) is 11.7. The predicted octanol–water partition coefficient (Wildman–Crippen LogP) is 3.49. The molecule has 1 aliphatic rings. The zero-order valence-electron chi connectivity index (χ0n) is 20.6. The van der Waals surface area contributed by atoms with E-state index in [1.807, 2.05) is 72.5 Å². The van der Waals surface area contributed by atoms with Crippen molar-refractivity contribution >= 4 is 15.8 Å². The maximum atomic E-state index is 13.6. The van der Waals surface area contributed by atoms with Crippen LogP contribution in [0.4, 0.5) is 0 Å². The molecule has 1 saturated heterocycles. The number of ether oxygens (including phenoxy) is 2. The fraction of sp³-hybridized carbons (Fsp3) is 0.321. The number of nitrogens with one attached hydrogen (secondary N) is 1. The lowest BCUT2D eigenvalue weighted by molar-refractivity contribution is -0.139. The molecule has 190 valence electrons. The standard InChI is InChI=1S/C28H32N2O5S/c1-21-8-11-25(12-9-21)36(32,33)27-18-29-14-15-30(27)19-24-16-23(17-28(31)34-2)10-13-26(24)35-20-22-6-4-3-5-7-22/h3-13,16,27,29H,14-15,17-20H2,1-2H3. The minimum absolute atomic E-state index is 0.134. The highest BCUT2D eigenvalue weighted by Gasteiger charge is 2.35. The van der Waals surface area contributed by atoms with Gasteiger partial charge in [-0.3, -0.25) is 9.69 Å². The number of nitrogens with zero attached hydrogens (tertiary/aromatic N) is 1. The highest BCUT2D eigenvalue weighted by molar-refractivity contribution is 7.92. The topological polar surface area (TPSA) is 84.9 Å². The van der Waals surface area contributed by atoms with E-state index in [0.717, 1.165) is 22.3 Å². The van der Waals surface area contributed by atoms with Crippen molar-refractivity contribution in [2.45, 2.75) is 36.8 Å². The summed E-state index contributed by atoms with van der Waals surface area (Å²) in [7, 11) is -2.24. The van der Waals surface area contributed by atoms with Gasteiger partial charge in [-0.2, -0.15) is 0 Å². The number of hydrogen-bond acceptors (Lipinski definition) is 7. The van der Waals surface area contributed by atoms with E-state index < -0.39 is 15.2 Å². The molecule has 1 N–H and O–H groups in total. The summed E-state index contributed by atoms with van der Waals surface area (Å²) in [5.41, 5.74) is 3.66. The molecule has 1 atom stereocenters. The van der Waals surface area contributed by atoms with Gasteiger partial charge in [-0.25, -0.2) is 8.42 Å². The largest absolute Gasteiger partial charge is 0.489 e. The van der Waals surface area contributed by atoms with Gasteiger partial charge in [0.15, 0.2) is 9.84 Å². The van der Waals surface area contributed by atoms with Gasteiger partial charge in [-0.05, 0) is 36.2 Å². The molecule has 0 radical (unpaired) electrons. The summed E-state index contributed by atoms with van der Waals surface area (Å²) < 4.78 is 38.1. The minimum Gasteiger partial charge on any atom is -0.489 e. The van der Waals surface area contributed by atoms with Crippen molar-refractivity contribution in [2.24, 2.45) is 0 Å². The Morgan fingerprint density at radius 3 is 2.50 bits per heavy atom. The normalized spacial score (nSPS) is 16.4. The SMILES string of the molecule is COC(=O)Cc1ccc(OCc2ccccc2)c(CN2CCNCC2S(=O)(=O)c2ccc(C)cc2)c1. The molecule has 0 aliphatic carbocycles. The second-order valence-corrected chi connectivity index (χ2v) is 11.1. The first kappa shape index (κ1) is 25.9. The molecule has 3 aromatic rings. The van der Waals surface area contributed by atoms with Crippen molar-refractivity contribution < 1.29 is 22.7 Å². The van der Waals surface area contributed by atoms with Crippen LogP contribution in [0.3, 0.4) is 0 Å². The van der Waals surface area contributed by atoms with Crippen LogP contribution < -0.4 is 10.1 Å². The zero-order chi connectivity index (χ0) is 25.5. The van der Waals surface area contributed by atoms with Crippen LogP contribution in [0.15, 0.2) is 77.7 Å². The molecule has 0 bridgehead atoms. The maximum absolute atomic E-state index is 13.6. The van der Waals surface area contributed by atoms with Crippen LogP contribution in [0, 0.1) is 6.92 Å². The molecular weight excluding hydrogens is 476 g/mol. The van der Waals surface area contributed by atoms with E-state index in [0.29, 0.717) is 43.4 Å². The summed E-state index contributed by atoms with van der Waals surface area (Å²) in [6, 6.07) is 22.4. The van der Waals surface area contributed by atoms with Crippen LogP contribution in [0.5, 0.6) is 5.75 Å². The number of sulfone groups is 1. The molecule has 0 amide bonds. The van der Waals surface area contributed by atoms with Gasteiger partial charge < -0.3 is 14.8 Å². The number of hydrogen-bond donors (Lipinski definition) is 1. The highest BCUT2D eigenvalue weighted by Crippen LogP contribution is 2.28. The summed E-state index contributed by atoms with van der Waals surface area (Å²) in [6.07, 6.45) is 0.134. The number of aryl methyl sites for hydroxylation is 1. The molecule has 3 aromatic carbocycles. The summed E-state index contributed by atoms with van der Waals surface area (Å²) in [5.74, 6) is 0.332. The first-order valence-corrected chi connectivity index (χ1v) is 13.5. The van der Waals surface area contributed by atoms with Gasteiger partial charge >= 0.3 is 5.97 Å². The Hall–Kier alpha value is -3.20. The van der Waals surface area contributed by atoms with Crippen LogP contribution in [-0.4, -0.2) is 51.4 Å². The molecule has 1 fully saturated rings. The maximum Gasteiger partial charge on any atom is 0.309 e. The Bertz CT molecular complexity index is 1280. The van der Waals surface area contributed by atoms with Crippen LogP contribution in [-0.2, 0) is 38.9 Å². The number of benzene rings is 3. The van der Waals surface area contributed by atoms with Crippen molar-refractivity contribution in [2.75, 3.05) is 26.7 Å². The summed E-state index contributed by atoms with van der Waals surface area (Å²) >= 11 is 0. The number of rotatable bonds is 9. The average molecular weight is 509 g/mol. The molecular formula is C28H32N2O5S. The molecule has 0 aromatic heterocycles. The van der Waals surface area contributed by atoms with Gasteiger partial charge in [-0.1, -0.05) is 60.2 Å². The third-order valence-electron chi connectivity index (χ3n) is 6.32. The molecule has 0 saturated carbocycles. The van der Waals surface area contributed by atoms with E-state index in [-0.39, 0.29) is 12.4 Å². The van der Waals surface area contributed by atoms with Crippen molar-refractivity contribution in [3.05, 3.63) is 95.1 Å². The van der Waals surface area contributed by atoms with Gasteiger partial charge in [0.25, 0.3) is 0 Å². The van der Waals surface area contributed by atoms with Crippen molar-refractivity contribution in [3.63, 3.8) is 0 Å². The predicted molar refractivity (Wildman–Crippen MR) is 138 cm³/mol. The second-order valence-electron chi connectivity index (χ2n) is 8.96. The number of carbonyl (C=O) groups excluding carboxylic acids is 1. The highest BCUT2D eigenvalue weighted by atomic mass is 32.2. The Kier molecular flexibility index (Phi) is 8.40. The molecule has 1 unspecified atom stereocenters. The smallest absolute Gasteiger partial charge is 0.309 e. The molecule has 1 heterocycles. The average Bonchev–Trinajstić information content (AvgIpc) is 2.89. The monoisotopic (exact) mass is 508 g/mol. The summed E-state index contributed by atoms with van der Waals surface area (Å²) in [6.45, 7) is 4.27. The third kappa shape index (κ3) is 6.32. The van der Waals surface area contributed by atoms with Crippen LogP contribution in [0.1, 0.15) is 22.3 Å².